The first-order valence-corrected chi connectivity index (χ1v) is 6.44. The van der Waals surface area contributed by atoms with Crippen LogP contribution in [0.5, 0.6) is 0 Å². The fourth-order valence-corrected chi connectivity index (χ4v) is 2.30. The Hall–Kier alpha value is -1.26. The zero-order chi connectivity index (χ0) is 13.1. The molecule has 0 radical (unpaired) electrons. The van der Waals surface area contributed by atoms with Crippen LogP contribution in [0.15, 0.2) is 6.33 Å². The van der Waals surface area contributed by atoms with Crippen molar-refractivity contribution in [2.24, 2.45) is 5.92 Å². The number of hydrogen-bond donors (Lipinski definition) is 0. The van der Waals surface area contributed by atoms with Crippen molar-refractivity contribution in [3.63, 3.8) is 0 Å². The Morgan fingerprint density at radius 2 is 2.00 bits per heavy atom. The minimum Gasteiger partial charge on any atom is -0.354 e. The van der Waals surface area contributed by atoms with Crippen molar-refractivity contribution in [2.45, 2.75) is 32.6 Å². The highest BCUT2D eigenvalue weighted by molar-refractivity contribution is 5.42. The lowest BCUT2D eigenvalue weighted by molar-refractivity contribution is 0.306. The van der Waals surface area contributed by atoms with Gasteiger partial charge in [0.25, 0.3) is 0 Å². The fraction of sp³-hybridized carbons (Fsp3) is 0.692. The number of rotatable bonds is 3. The van der Waals surface area contributed by atoms with Crippen molar-refractivity contribution < 1.29 is 8.78 Å². The molecule has 0 bridgehead atoms. The number of aromatic nitrogens is 2. The largest absolute Gasteiger partial charge is 0.354 e. The van der Waals surface area contributed by atoms with Crippen LogP contribution in [0.25, 0.3) is 0 Å². The summed E-state index contributed by atoms with van der Waals surface area (Å²) < 4.78 is 26.8. The Bertz CT molecular complexity index is 401. The first kappa shape index (κ1) is 13.2. The number of piperidine rings is 1. The maximum Gasteiger partial charge on any atom is 0.187 e. The molecule has 0 spiro atoms. The molecule has 3 nitrogen and oxygen atoms in total. The van der Waals surface area contributed by atoms with Gasteiger partial charge in [-0.25, -0.2) is 14.4 Å². The van der Waals surface area contributed by atoms with E-state index in [0.717, 1.165) is 12.8 Å². The lowest BCUT2D eigenvalue weighted by atomic mass is 9.98. The van der Waals surface area contributed by atoms with Gasteiger partial charge in [0.15, 0.2) is 11.6 Å². The molecule has 0 aliphatic carbocycles. The topological polar surface area (TPSA) is 29.0 Å². The molecule has 0 aromatic carbocycles. The van der Waals surface area contributed by atoms with Gasteiger partial charge in [0.1, 0.15) is 6.33 Å². The van der Waals surface area contributed by atoms with E-state index in [1.165, 1.54) is 6.33 Å². The number of halogens is 2. The van der Waals surface area contributed by atoms with E-state index >= 15 is 0 Å². The summed E-state index contributed by atoms with van der Waals surface area (Å²) in [7, 11) is 0. The van der Waals surface area contributed by atoms with Crippen molar-refractivity contribution in [3.05, 3.63) is 17.8 Å². The monoisotopic (exact) mass is 255 g/mol. The molecule has 1 aliphatic rings. The van der Waals surface area contributed by atoms with Crippen LogP contribution in [-0.2, 0) is 0 Å². The SMILES string of the molecule is CC(C)c1ncnc(N2CCC(CF)CC2)c1F. The van der Waals surface area contributed by atoms with Gasteiger partial charge in [0, 0.05) is 13.1 Å². The first-order valence-electron chi connectivity index (χ1n) is 6.44. The Labute approximate surface area is 106 Å². The summed E-state index contributed by atoms with van der Waals surface area (Å²) >= 11 is 0. The van der Waals surface area contributed by atoms with Gasteiger partial charge >= 0.3 is 0 Å². The van der Waals surface area contributed by atoms with Crippen LogP contribution in [0.2, 0.25) is 0 Å². The average Bonchev–Trinajstić information content (AvgIpc) is 2.39. The van der Waals surface area contributed by atoms with E-state index in [-0.39, 0.29) is 24.3 Å². The third kappa shape index (κ3) is 2.60. The molecular weight excluding hydrogens is 236 g/mol. The van der Waals surface area contributed by atoms with Crippen LogP contribution < -0.4 is 4.90 Å². The molecule has 1 fully saturated rings. The van der Waals surface area contributed by atoms with Crippen LogP contribution in [0.4, 0.5) is 14.6 Å². The van der Waals surface area contributed by atoms with Crippen LogP contribution in [0.3, 0.4) is 0 Å². The quantitative estimate of drug-likeness (QED) is 0.831. The molecule has 0 unspecified atom stereocenters. The summed E-state index contributed by atoms with van der Waals surface area (Å²) in [5.74, 6) is 0.197. The van der Waals surface area contributed by atoms with Crippen molar-refractivity contribution >= 4 is 5.82 Å². The van der Waals surface area contributed by atoms with E-state index in [2.05, 4.69) is 9.97 Å². The van der Waals surface area contributed by atoms with Gasteiger partial charge in [-0.1, -0.05) is 13.8 Å². The molecule has 0 saturated carbocycles. The lowest BCUT2D eigenvalue weighted by Crippen LogP contribution is -2.35. The Balaban J connectivity index is 2.17. The summed E-state index contributed by atoms with van der Waals surface area (Å²) in [5.41, 5.74) is 0.451. The Kier molecular flexibility index (Phi) is 4.09. The van der Waals surface area contributed by atoms with Gasteiger partial charge in [-0.05, 0) is 24.7 Å². The van der Waals surface area contributed by atoms with E-state index in [4.69, 9.17) is 0 Å². The molecule has 5 heteroatoms. The second kappa shape index (κ2) is 5.59. The highest BCUT2D eigenvalue weighted by Crippen LogP contribution is 2.27. The predicted octanol–water partition coefficient (Wildman–Crippen LogP) is 2.93. The van der Waals surface area contributed by atoms with Crippen molar-refractivity contribution in [3.8, 4) is 0 Å². The second-order valence-corrected chi connectivity index (χ2v) is 5.14. The lowest BCUT2D eigenvalue weighted by Gasteiger charge is -2.32. The zero-order valence-corrected chi connectivity index (χ0v) is 10.9. The number of alkyl halides is 1. The maximum absolute atomic E-state index is 14.2. The van der Waals surface area contributed by atoms with E-state index < -0.39 is 0 Å². The first-order chi connectivity index (χ1) is 8.63. The number of anilines is 1. The van der Waals surface area contributed by atoms with Gasteiger partial charge in [-0.3, -0.25) is 4.39 Å². The molecular formula is C13H19F2N3. The maximum atomic E-state index is 14.2. The van der Waals surface area contributed by atoms with Gasteiger partial charge in [-0.15, -0.1) is 0 Å². The molecule has 18 heavy (non-hydrogen) atoms. The van der Waals surface area contributed by atoms with Gasteiger partial charge in [0.2, 0.25) is 0 Å². The van der Waals surface area contributed by atoms with Crippen molar-refractivity contribution in [1.29, 1.82) is 0 Å². The molecule has 1 saturated heterocycles. The molecule has 2 rings (SSSR count). The van der Waals surface area contributed by atoms with Crippen LogP contribution in [-0.4, -0.2) is 29.7 Å². The van der Waals surface area contributed by atoms with Gasteiger partial charge < -0.3 is 4.90 Å². The normalized spacial score (nSPS) is 17.5. The summed E-state index contributed by atoms with van der Waals surface area (Å²) in [5, 5.41) is 0. The van der Waals surface area contributed by atoms with Gasteiger partial charge in [-0.2, -0.15) is 0 Å². The summed E-state index contributed by atoms with van der Waals surface area (Å²) in [6.07, 6.45) is 2.93. The Morgan fingerprint density at radius 3 is 2.56 bits per heavy atom. The highest BCUT2D eigenvalue weighted by Gasteiger charge is 2.24. The number of hydrogen-bond acceptors (Lipinski definition) is 3. The van der Waals surface area contributed by atoms with Crippen LogP contribution in [0.1, 0.15) is 38.3 Å². The highest BCUT2D eigenvalue weighted by atomic mass is 19.1. The van der Waals surface area contributed by atoms with Crippen LogP contribution in [0, 0.1) is 11.7 Å². The minimum absolute atomic E-state index is 0.0372. The smallest absolute Gasteiger partial charge is 0.187 e. The number of nitrogens with zero attached hydrogens (tertiary/aromatic N) is 3. The molecule has 1 aliphatic heterocycles. The Morgan fingerprint density at radius 1 is 1.33 bits per heavy atom. The van der Waals surface area contributed by atoms with E-state index in [1.54, 1.807) is 0 Å². The van der Waals surface area contributed by atoms with E-state index in [1.807, 2.05) is 18.7 Å². The molecule has 2 heterocycles. The molecule has 1 aromatic rings. The third-order valence-corrected chi connectivity index (χ3v) is 3.48. The van der Waals surface area contributed by atoms with Gasteiger partial charge in [0.05, 0.1) is 12.4 Å². The molecule has 100 valence electrons. The fourth-order valence-electron chi connectivity index (χ4n) is 2.30. The molecule has 0 amide bonds. The van der Waals surface area contributed by atoms with Crippen molar-refractivity contribution in [1.82, 2.24) is 9.97 Å². The third-order valence-electron chi connectivity index (χ3n) is 3.48. The standard InChI is InChI=1S/C13H19F2N3/c1-9(2)12-11(15)13(17-8-16-12)18-5-3-10(7-14)4-6-18/h8-10H,3-7H2,1-2H3. The van der Waals surface area contributed by atoms with Crippen LogP contribution >= 0.6 is 0 Å². The molecule has 1 aromatic heterocycles. The molecule has 0 atom stereocenters. The predicted molar refractivity (Wildman–Crippen MR) is 67.0 cm³/mol. The van der Waals surface area contributed by atoms with E-state index in [0.29, 0.717) is 24.6 Å². The second-order valence-electron chi connectivity index (χ2n) is 5.14. The summed E-state index contributed by atoms with van der Waals surface area (Å²) in [6.45, 7) is 4.87. The van der Waals surface area contributed by atoms with Crippen molar-refractivity contribution in [2.75, 3.05) is 24.7 Å². The minimum atomic E-state index is -0.328. The summed E-state index contributed by atoms with van der Waals surface area (Å²) in [6, 6.07) is 0. The average molecular weight is 255 g/mol. The van der Waals surface area contributed by atoms with E-state index in [9.17, 15) is 8.78 Å². The molecule has 0 N–H and O–H groups in total. The summed E-state index contributed by atoms with van der Waals surface area (Å²) in [4.78, 5) is 9.93. The zero-order valence-electron chi connectivity index (χ0n) is 10.9.